The second-order valence-electron chi connectivity index (χ2n) is 5.85. The van der Waals surface area contributed by atoms with E-state index >= 15 is 0 Å². The summed E-state index contributed by atoms with van der Waals surface area (Å²) in [4.78, 5) is 28.9. The molecule has 0 aromatic carbocycles. The molecule has 0 radical (unpaired) electrons. The van der Waals surface area contributed by atoms with Crippen LogP contribution in [0.3, 0.4) is 0 Å². The molecule has 1 aliphatic rings. The molecule has 1 saturated heterocycles. The van der Waals surface area contributed by atoms with Crippen molar-refractivity contribution < 1.29 is 9.32 Å². The maximum atomic E-state index is 12.9. The average Bonchev–Trinajstić information content (AvgIpc) is 2.84. The van der Waals surface area contributed by atoms with Crippen LogP contribution in [-0.2, 0) is 7.05 Å². The number of aryl methyl sites for hydroxylation is 2. The topological polar surface area (TPSA) is 84.5 Å². The molecule has 1 aliphatic heterocycles. The van der Waals surface area contributed by atoms with Crippen molar-refractivity contribution in [2.45, 2.75) is 19.9 Å². The lowest BCUT2D eigenvalue weighted by molar-refractivity contribution is 0.0527. The van der Waals surface area contributed by atoms with E-state index in [2.05, 4.69) is 15.2 Å². The van der Waals surface area contributed by atoms with E-state index in [4.69, 9.17) is 4.52 Å². The number of aromatic nitrogens is 3. The van der Waals surface area contributed by atoms with Crippen molar-refractivity contribution in [2.75, 3.05) is 26.7 Å². The Morgan fingerprint density at radius 2 is 2.05 bits per heavy atom. The Bertz CT molecular complexity index is 794. The highest BCUT2D eigenvalue weighted by Gasteiger charge is 2.30. The third kappa shape index (κ3) is 2.19. The predicted octanol–water partition coefficient (Wildman–Crippen LogP) is 0.00602. The van der Waals surface area contributed by atoms with Crippen molar-refractivity contribution in [3.05, 3.63) is 21.8 Å². The number of rotatable bonds is 1. The van der Waals surface area contributed by atoms with Crippen LogP contribution < -0.4 is 5.56 Å². The first-order chi connectivity index (χ1) is 10.4. The lowest BCUT2D eigenvalue weighted by Crippen LogP contribution is -2.53. The fraction of sp³-hybridized carbons (Fsp3) is 0.571. The summed E-state index contributed by atoms with van der Waals surface area (Å²) in [6.45, 7) is 5.94. The number of likely N-dealkylation sites (N-methyl/N-ethyl adjacent to an activating group) is 1. The van der Waals surface area contributed by atoms with Crippen molar-refractivity contribution in [2.24, 2.45) is 7.05 Å². The number of amides is 1. The van der Waals surface area contributed by atoms with Crippen LogP contribution in [0.5, 0.6) is 0 Å². The minimum atomic E-state index is -0.366. The molecule has 118 valence electrons. The first-order valence-corrected chi connectivity index (χ1v) is 7.23. The third-order valence-corrected chi connectivity index (χ3v) is 4.14. The zero-order valence-corrected chi connectivity index (χ0v) is 13.2. The largest absolute Gasteiger partial charge is 0.360 e. The van der Waals surface area contributed by atoms with E-state index in [0.29, 0.717) is 17.7 Å². The SMILES string of the molecule is Cc1onc2c(=O)n(C)nc(C(=O)N3CCN(C)CC3C)c12. The van der Waals surface area contributed by atoms with E-state index in [1.807, 2.05) is 14.0 Å². The molecule has 3 heterocycles. The highest BCUT2D eigenvalue weighted by molar-refractivity contribution is 6.04. The lowest BCUT2D eigenvalue weighted by atomic mass is 10.1. The normalized spacial score (nSPS) is 19.8. The Morgan fingerprint density at radius 1 is 1.32 bits per heavy atom. The molecule has 8 heteroatoms. The maximum Gasteiger partial charge on any atom is 0.296 e. The standard InChI is InChI=1S/C14H19N5O3/c1-8-7-17(3)5-6-19(8)14(21)11-10-9(2)22-16-12(10)13(20)18(4)15-11/h8H,5-7H2,1-4H3. The molecular weight excluding hydrogens is 286 g/mol. The van der Waals surface area contributed by atoms with Crippen molar-refractivity contribution in [1.29, 1.82) is 0 Å². The van der Waals surface area contributed by atoms with E-state index in [1.165, 1.54) is 7.05 Å². The Balaban J connectivity index is 2.10. The fourth-order valence-corrected chi connectivity index (χ4v) is 2.92. The number of carbonyl (C=O) groups excluding carboxylic acids is 1. The summed E-state index contributed by atoms with van der Waals surface area (Å²) in [6, 6.07) is 0.0838. The average molecular weight is 305 g/mol. The number of fused-ring (bicyclic) bond motifs is 1. The Morgan fingerprint density at radius 3 is 2.73 bits per heavy atom. The van der Waals surface area contributed by atoms with Crippen LogP contribution in [0.25, 0.3) is 10.9 Å². The molecule has 22 heavy (non-hydrogen) atoms. The van der Waals surface area contributed by atoms with Gasteiger partial charge in [-0.15, -0.1) is 0 Å². The van der Waals surface area contributed by atoms with E-state index in [1.54, 1.807) is 11.8 Å². The molecule has 1 amide bonds. The summed E-state index contributed by atoms with van der Waals surface area (Å²) in [7, 11) is 3.54. The molecule has 3 rings (SSSR count). The zero-order chi connectivity index (χ0) is 16.0. The third-order valence-electron chi connectivity index (χ3n) is 4.14. The van der Waals surface area contributed by atoms with Crippen LogP contribution in [0.4, 0.5) is 0 Å². The number of piperazine rings is 1. The molecule has 0 bridgehead atoms. The van der Waals surface area contributed by atoms with Crippen molar-refractivity contribution in [3.63, 3.8) is 0 Å². The smallest absolute Gasteiger partial charge is 0.296 e. The van der Waals surface area contributed by atoms with Gasteiger partial charge in [0, 0.05) is 32.7 Å². The van der Waals surface area contributed by atoms with Crippen LogP contribution in [0.2, 0.25) is 0 Å². The molecule has 0 saturated carbocycles. The fourth-order valence-electron chi connectivity index (χ4n) is 2.92. The molecule has 0 spiro atoms. The number of hydrogen-bond donors (Lipinski definition) is 0. The molecule has 1 atom stereocenters. The Kier molecular flexibility index (Phi) is 3.48. The molecule has 1 fully saturated rings. The summed E-state index contributed by atoms with van der Waals surface area (Å²) >= 11 is 0. The highest BCUT2D eigenvalue weighted by atomic mass is 16.5. The van der Waals surface area contributed by atoms with Gasteiger partial charge >= 0.3 is 0 Å². The summed E-state index contributed by atoms with van der Waals surface area (Å²) in [5, 5.41) is 8.35. The van der Waals surface area contributed by atoms with Gasteiger partial charge in [-0.05, 0) is 20.9 Å². The Hall–Kier alpha value is -2.22. The first-order valence-electron chi connectivity index (χ1n) is 7.23. The monoisotopic (exact) mass is 305 g/mol. The highest BCUT2D eigenvalue weighted by Crippen LogP contribution is 2.20. The minimum absolute atomic E-state index is 0.0838. The summed E-state index contributed by atoms with van der Waals surface area (Å²) in [6.07, 6.45) is 0. The second-order valence-corrected chi connectivity index (χ2v) is 5.85. The van der Waals surface area contributed by atoms with Crippen LogP contribution >= 0.6 is 0 Å². The van der Waals surface area contributed by atoms with Gasteiger partial charge in [0.15, 0.2) is 11.2 Å². The van der Waals surface area contributed by atoms with Gasteiger partial charge < -0.3 is 14.3 Å². The van der Waals surface area contributed by atoms with Gasteiger partial charge in [-0.3, -0.25) is 9.59 Å². The van der Waals surface area contributed by atoms with Gasteiger partial charge in [0.25, 0.3) is 11.5 Å². The summed E-state index contributed by atoms with van der Waals surface area (Å²) in [5.74, 6) is 0.248. The molecule has 0 aliphatic carbocycles. The van der Waals surface area contributed by atoms with E-state index in [9.17, 15) is 9.59 Å². The van der Waals surface area contributed by atoms with Gasteiger partial charge in [-0.1, -0.05) is 5.16 Å². The van der Waals surface area contributed by atoms with E-state index in [-0.39, 0.29) is 28.7 Å². The Labute approximate surface area is 127 Å². The summed E-state index contributed by atoms with van der Waals surface area (Å²) < 4.78 is 6.23. The molecule has 8 nitrogen and oxygen atoms in total. The van der Waals surface area contributed by atoms with Crippen molar-refractivity contribution in [3.8, 4) is 0 Å². The van der Waals surface area contributed by atoms with E-state index in [0.717, 1.165) is 17.8 Å². The number of carbonyl (C=O) groups is 1. The van der Waals surface area contributed by atoms with Crippen LogP contribution in [0.15, 0.2) is 9.32 Å². The molecule has 0 N–H and O–H groups in total. The predicted molar refractivity (Wildman–Crippen MR) is 79.8 cm³/mol. The maximum absolute atomic E-state index is 12.9. The molecule has 1 unspecified atom stereocenters. The first kappa shape index (κ1) is 14.7. The lowest BCUT2D eigenvalue weighted by Gasteiger charge is -2.38. The van der Waals surface area contributed by atoms with Gasteiger partial charge in [0.2, 0.25) is 0 Å². The van der Waals surface area contributed by atoms with Crippen LogP contribution in [0, 0.1) is 6.92 Å². The van der Waals surface area contributed by atoms with Gasteiger partial charge in [0.05, 0.1) is 5.39 Å². The molecular formula is C14H19N5O3. The van der Waals surface area contributed by atoms with Crippen LogP contribution in [0.1, 0.15) is 23.2 Å². The molecule has 2 aromatic rings. The van der Waals surface area contributed by atoms with E-state index < -0.39 is 0 Å². The van der Waals surface area contributed by atoms with Crippen molar-refractivity contribution in [1.82, 2.24) is 24.7 Å². The molecule has 2 aromatic heterocycles. The summed E-state index contributed by atoms with van der Waals surface area (Å²) in [5.41, 5.74) is 0.0159. The van der Waals surface area contributed by atoms with Gasteiger partial charge in [-0.2, -0.15) is 5.10 Å². The van der Waals surface area contributed by atoms with Crippen LogP contribution in [-0.4, -0.2) is 63.4 Å². The number of nitrogens with zero attached hydrogens (tertiary/aromatic N) is 5. The van der Waals surface area contributed by atoms with Gasteiger partial charge in [-0.25, -0.2) is 4.68 Å². The van der Waals surface area contributed by atoms with Crippen molar-refractivity contribution >= 4 is 16.8 Å². The number of hydrogen-bond acceptors (Lipinski definition) is 6. The second kappa shape index (κ2) is 5.20. The van der Waals surface area contributed by atoms with Gasteiger partial charge in [0.1, 0.15) is 5.76 Å². The zero-order valence-electron chi connectivity index (χ0n) is 13.2. The quantitative estimate of drug-likeness (QED) is 0.737. The minimum Gasteiger partial charge on any atom is -0.360 e.